The molecule has 0 amide bonds. The van der Waals surface area contributed by atoms with E-state index in [1.54, 1.807) is 0 Å². The summed E-state index contributed by atoms with van der Waals surface area (Å²) in [4.78, 5) is 2.35. The first kappa shape index (κ1) is 21.5. The highest BCUT2D eigenvalue weighted by molar-refractivity contribution is 6.32. The van der Waals surface area contributed by atoms with Crippen LogP contribution in [0.25, 0.3) is 22.3 Å². The third kappa shape index (κ3) is 3.57. The molecule has 5 aromatic carbocycles. The fourth-order valence-electron chi connectivity index (χ4n) is 5.41. The predicted molar refractivity (Wildman–Crippen MR) is 150 cm³/mol. The molecule has 0 saturated heterocycles. The summed E-state index contributed by atoms with van der Waals surface area (Å²) in [5.74, 6) is 0. The Morgan fingerprint density at radius 3 is 1.91 bits per heavy atom. The van der Waals surface area contributed by atoms with Crippen molar-refractivity contribution in [1.29, 1.82) is 0 Å². The van der Waals surface area contributed by atoms with Gasteiger partial charge < -0.3 is 4.90 Å². The summed E-state index contributed by atoms with van der Waals surface area (Å²) in [6.45, 7) is 4.65. The van der Waals surface area contributed by atoms with E-state index in [0.29, 0.717) is 0 Å². The molecule has 6 rings (SSSR count). The van der Waals surface area contributed by atoms with E-state index < -0.39 is 0 Å². The molecule has 0 atom stereocenters. The van der Waals surface area contributed by atoms with Crippen LogP contribution in [0.4, 0.5) is 17.1 Å². The highest BCUT2D eigenvalue weighted by atomic mass is 15.1. The van der Waals surface area contributed by atoms with Crippen molar-refractivity contribution in [2.75, 3.05) is 4.90 Å². The van der Waals surface area contributed by atoms with Crippen LogP contribution >= 0.6 is 0 Å². The van der Waals surface area contributed by atoms with Crippen LogP contribution in [-0.2, 0) is 5.41 Å². The fourth-order valence-corrected chi connectivity index (χ4v) is 5.41. The van der Waals surface area contributed by atoms with Crippen LogP contribution in [0.5, 0.6) is 0 Å². The minimum Gasteiger partial charge on any atom is -0.310 e. The van der Waals surface area contributed by atoms with Gasteiger partial charge in [-0.05, 0) is 58.1 Å². The second kappa shape index (κ2) is 8.32. The largest absolute Gasteiger partial charge is 0.310 e. The zero-order valence-electron chi connectivity index (χ0n) is 20.1. The number of nitrogens with zero attached hydrogens (tertiary/aromatic N) is 1. The Morgan fingerprint density at radius 1 is 0.543 bits per heavy atom. The Hall–Kier alpha value is -4.04. The maximum absolute atomic E-state index is 6.06. The topological polar surface area (TPSA) is 3.24 Å². The zero-order chi connectivity index (χ0) is 24.0. The summed E-state index contributed by atoms with van der Waals surface area (Å²) in [7, 11) is 6.06. The van der Waals surface area contributed by atoms with Crippen LogP contribution in [0.2, 0.25) is 0 Å². The molecule has 166 valence electrons. The molecule has 1 aliphatic rings. The third-order valence-corrected chi connectivity index (χ3v) is 7.21. The fraction of sp³-hybridized carbons (Fsp3) is 0.0909. The molecule has 2 heteroatoms. The number of para-hydroxylation sites is 1. The van der Waals surface area contributed by atoms with Crippen LogP contribution in [0, 0.1) is 0 Å². The van der Waals surface area contributed by atoms with E-state index in [2.05, 4.69) is 128 Å². The average molecular weight is 447 g/mol. The molecule has 5 aromatic rings. The number of benzene rings is 5. The number of hydrogen-bond acceptors (Lipinski definition) is 1. The van der Waals surface area contributed by atoms with Gasteiger partial charge in [0.05, 0.1) is 5.69 Å². The van der Waals surface area contributed by atoms with Gasteiger partial charge in [0.25, 0.3) is 0 Å². The second-order valence-electron chi connectivity index (χ2n) is 9.71. The molecule has 0 spiro atoms. The maximum Gasteiger partial charge on any atom is 0.113 e. The highest BCUT2D eigenvalue weighted by Gasteiger charge is 2.35. The molecule has 0 aromatic heterocycles. The molecule has 0 bridgehead atoms. The summed E-state index contributed by atoms with van der Waals surface area (Å²) < 4.78 is 0. The number of hydrogen-bond donors (Lipinski definition) is 0. The lowest BCUT2D eigenvalue weighted by Gasteiger charge is -2.30. The Kier molecular flexibility index (Phi) is 5.11. The van der Waals surface area contributed by atoms with Crippen molar-refractivity contribution in [3.05, 3.63) is 132 Å². The SMILES string of the molecule is [B]c1ccc(N(c2ccc3c(c2)C(C)(C)c2ccccc2-3)c2ccccc2-c2ccccc2)cc1. The van der Waals surface area contributed by atoms with Gasteiger partial charge in [-0.15, -0.1) is 0 Å². The van der Waals surface area contributed by atoms with Crippen LogP contribution in [0.1, 0.15) is 25.0 Å². The van der Waals surface area contributed by atoms with Crippen molar-refractivity contribution in [1.82, 2.24) is 0 Å². The molecular weight excluding hydrogens is 421 g/mol. The Morgan fingerprint density at radius 2 is 1.14 bits per heavy atom. The molecular formula is C33H26BN. The van der Waals surface area contributed by atoms with Gasteiger partial charge in [0.1, 0.15) is 7.85 Å². The molecule has 0 saturated carbocycles. The summed E-state index contributed by atoms with van der Waals surface area (Å²) in [5.41, 5.74) is 11.8. The van der Waals surface area contributed by atoms with Gasteiger partial charge in [-0.25, -0.2) is 0 Å². The zero-order valence-corrected chi connectivity index (χ0v) is 20.1. The first-order valence-corrected chi connectivity index (χ1v) is 12.1. The van der Waals surface area contributed by atoms with Gasteiger partial charge >= 0.3 is 0 Å². The van der Waals surface area contributed by atoms with Gasteiger partial charge in [0, 0.05) is 22.4 Å². The Labute approximate surface area is 209 Å². The maximum atomic E-state index is 6.06. The van der Waals surface area contributed by atoms with Crippen molar-refractivity contribution in [2.24, 2.45) is 0 Å². The van der Waals surface area contributed by atoms with Crippen LogP contribution in [0.15, 0.2) is 121 Å². The van der Waals surface area contributed by atoms with Crippen molar-refractivity contribution in [2.45, 2.75) is 19.3 Å². The monoisotopic (exact) mass is 447 g/mol. The number of rotatable bonds is 4. The molecule has 2 radical (unpaired) electrons. The lowest BCUT2D eigenvalue weighted by atomic mass is 9.82. The minimum atomic E-state index is -0.0618. The average Bonchev–Trinajstić information content (AvgIpc) is 3.13. The molecule has 0 heterocycles. The minimum absolute atomic E-state index is 0.0618. The van der Waals surface area contributed by atoms with E-state index in [-0.39, 0.29) is 5.41 Å². The standard InChI is InChI=1S/C33H26BN/c1-33(2)30-14-8-6-13-28(30)29-21-20-26(22-31(29)33)35(25-18-16-24(34)17-19-25)32-15-9-7-12-27(32)23-10-4-3-5-11-23/h3-22H,1-2H3. The molecule has 0 N–H and O–H groups in total. The summed E-state index contributed by atoms with van der Waals surface area (Å²) in [6.07, 6.45) is 0. The van der Waals surface area contributed by atoms with E-state index >= 15 is 0 Å². The van der Waals surface area contributed by atoms with Crippen LogP contribution in [0.3, 0.4) is 0 Å². The molecule has 35 heavy (non-hydrogen) atoms. The Bertz CT molecular complexity index is 1520. The van der Waals surface area contributed by atoms with Gasteiger partial charge in [-0.2, -0.15) is 0 Å². The molecule has 0 unspecified atom stereocenters. The number of fused-ring (bicyclic) bond motifs is 3. The smallest absolute Gasteiger partial charge is 0.113 e. The van der Waals surface area contributed by atoms with Crippen molar-refractivity contribution in [3.63, 3.8) is 0 Å². The lowest BCUT2D eigenvalue weighted by Crippen LogP contribution is -2.17. The first-order chi connectivity index (χ1) is 17.0. The molecule has 0 fully saturated rings. The lowest BCUT2D eigenvalue weighted by molar-refractivity contribution is 0.660. The van der Waals surface area contributed by atoms with Gasteiger partial charge in [0.2, 0.25) is 0 Å². The normalized spacial score (nSPS) is 13.2. The molecule has 1 aliphatic carbocycles. The van der Waals surface area contributed by atoms with Gasteiger partial charge in [0.15, 0.2) is 0 Å². The number of anilines is 3. The quantitative estimate of drug-likeness (QED) is 0.253. The van der Waals surface area contributed by atoms with Crippen LogP contribution < -0.4 is 10.4 Å². The van der Waals surface area contributed by atoms with E-state index in [9.17, 15) is 0 Å². The van der Waals surface area contributed by atoms with Crippen LogP contribution in [-0.4, -0.2) is 7.85 Å². The van der Waals surface area contributed by atoms with Crippen molar-refractivity contribution >= 4 is 30.4 Å². The van der Waals surface area contributed by atoms with Crippen molar-refractivity contribution in [3.8, 4) is 22.3 Å². The highest BCUT2D eigenvalue weighted by Crippen LogP contribution is 2.51. The van der Waals surface area contributed by atoms with E-state index in [4.69, 9.17) is 7.85 Å². The molecule has 1 nitrogen and oxygen atoms in total. The first-order valence-electron chi connectivity index (χ1n) is 12.1. The predicted octanol–water partition coefficient (Wildman–Crippen LogP) is 7.92. The van der Waals surface area contributed by atoms with E-state index in [1.165, 1.54) is 33.4 Å². The van der Waals surface area contributed by atoms with E-state index in [0.717, 1.165) is 22.5 Å². The third-order valence-electron chi connectivity index (χ3n) is 7.21. The van der Waals surface area contributed by atoms with E-state index in [1.807, 2.05) is 12.1 Å². The molecule has 0 aliphatic heterocycles. The summed E-state index contributed by atoms with van der Waals surface area (Å²) in [6, 6.07) is 43.0. The summed E-state index contributed by atoms with van der Waals surface area (Å²) in [5, 5.41) is 0. The van der Waals surface area contributed by atoms with Crippen molar-refractivity contribution < 1.29 is 0 Å². The summed E-state index contributed by atoms with van der Waals surface area (Å²) >= 11 is 0. The second-order valence-corrected chi connectivity index (χ2v) is 9.71. The Balaban J connectivity index is 1.57. The van der Waals surface area contributed by atoms with Gasteiger partial charge in [-0.3, -0.25) is 0 Å². The van der Waals surface area contributed by atoms with Gasteiger partial charge in [-0.1, -0.05) is 110 Å².